The Morgan fingerprint density at radius 1 is 1.35 bits per heavy atom. The zero-order valence-electron chi connectivity index (χ0n) is 12.1. The van der Waals surface area contributed by atoms with Gasteiger partial charge in [0.2, 0.25) is 0 Å². The number of guanidine groups is 1. The summed E-state index contributed by atoms with van der Waals surface area (Å²) >= 11 is 0. The minimum Gasteiger partial charge on any atom is -0.404 e. The molecule has 6 nitrogen and oxygen atoms in total. The van der Waals surface area contributed by atoms with E-state index in [9.17, 15) is 21.6 Å². The lowest BCUT2D eigenvalue weighted by Gasteiger charge is -2.14. The molecule has 0 saturated heterocycles. The fourth-order valence-electron chi connectivity index (χ4n) is 1.49. The van der Waals surface area contributed by atoms with E-state index >= 15 is 0 Å². The van der Waals surface area contributed by atoms with Crippen molar-refractivity contribution in [3.8, 4) is 5.75 Å². The summed E-state index contributed by atoms with van der Waals surface area (Å²) in [6.07, 6.45) is -3.45. The molecule has 132 valence electrons. The molecule has 11 heteroatoms. The number of nitrogens with one attached hydrogen (secondary N) is 1. The minimum absolute atomic E-state index is 0. The number of hydrogen-bond acceptors (Lipinski definition) is 4. The molecule has 1 rings (SSSR count). The van der Waals surface area contributed by atoms with E-state index in [1.54, 1.807) is 0 Å². The molecule has 0 fully saturated rings. The maximum absolute atomic E-state index is 12.3. The van der Waals surface area contributed by atoms with Crippen molar-refractivity contribution in [2.75, 3.05) is 23.9 Å². The maximum Gasteiger partial charge on any atom is 0.573 e. The molecule has 0 aromatic heterocycles. The summed E-state index contributed by atoms with van der Waals surface area (Å²) in [4.78, 5) is 3.84. The van der Waals surface area contributed by atoms with Crippen molar-refractivity contribution in [1.82, 2.24) is 0 Å². The van der Waals surface area contributed by atoms with Gasteiger partial charge in [-0.05, 0) is 18.6 Å². The van der Waals surface area contributed by atoms with Crippen LogP contribution in [-0.2, 0) is 9.84 Å². The van der Waals surface area contributed by atoms with E-state index in [2.05, 4.69) is 15.0 Å². The molecule has 0 atom stereocenters. The predicted octanol–water partition coefficient (Wildman–Crippen LogP) is 2.36. The van der Waals surface area contributed by atoms with Crippen LogP contribution in [0.15, 0.2) is 29.3 Å². The Hall–Kier alpha value is -1.24. The molecule has 0 aliphatic heterocycles. The molecule has 1 aromatic rings. The van der Waals surface area contributed by atoms with Crippen LogP contribution in [0.25, 0.3) is 0 Å². The Bertz CT molecular complexity index is 636. The van der Waals surface area contributed by atoms with Crippen LogP contribution in [0.1, 0.15) is 6.42 Å². The Kier molecular flexibility index (Phi) is 8.66. The van der Waals surface area contributed by atoms with Crippen molar-refractivity contribution in [2.24, 2.45) is 10.7 Å². The molecule has 23 heavy (non-hydrogen) atoms. The van der Waals surface area contributed by atoms with Gasteiger partial charge in [0.25, 0.3) is 0 Å². The molecule has 0 amide bonds. The van der Waals surface area contributed by atoms with E-state index in [0.29, 0.717) is 0 Å². The normalized spacial score (nSPS) is 12.4. The number of rotatable bonds is 6. The fraction of sp³-hybridized carbons (Fsp3) is 0.417. The quantitative estimate of drug-likeness (QED) is 0.290. The molecule has 0 heterocycles. The topological polar surface area (TPSA) is 93.8 Å². The van der Waals surface area contributed by atoms with E-state index in [4.69, 9.17) is 5.73 Å². The summed E-state index contributed by atoms with van der Waals surface area (Å²) in [5.74, 6) is -0.617. The number of nitrogens with two attached hydrogens (primary N) is 1. The van der Waals surface area contributed by atoms with Crippen molar-refractivity contribution < 1.29 is 26.3 Å². The third kappa shape index (κ3) is 10.2. The molecule has 0 aliphatic rings. The number of hydrogen-bond donors (Lipinski definition) is 2. The van der Waals surface area contributed by atoms with Gasteiger partial charge in [-0.15, -0.1) is 37.1 Å². The van der Waals surface area contributed by atoms with Gasteiger partial charge in [0.15, 0.2) is 11.7 Å². The van der Waals surface area contributed by atoms with E-state index < -0.39 is 21.9 Å². The highest BCUT2D eigenvalue weighted by atomic mass is 127. The molecule has 0 saturated carbocycles. The van der Waals surface area contributed by atoms with Crippen molar-refractivity contribution in [1.29, 1.82) is 0 Å². The zero-order valence-corrected chi connectivity index (χ0v) is 15.3. The third-order valence-corrected chi connectivity index (χ3v) is 3.36. The molecule has 0 bridgehead atoms. The van der Waals surface area contributed by atoms with Gasteiger partial charge in [-0.3, -0.25) is 4.99 Å². The first kappa shape index (κ1) is 21.8. The van der Waals surface area contributed by atoms with Crippen LogP contribution in [0.2, 0.25) is 0 Å². The number of benzene rings is 1. The third-order valence-electron chi connectivity index (χ3n) is 2.33. The molecule has 0 unspecified atom stereocenters. The van der Waals surface area contributed by atoms with E-state index in [0.717, 1.165) is 12.3 Å². The standard InChI is InChI=1S/C12H16F3N3O3S.HI/c1-22(19,20)8-4-7-17-11(16)18-9-5-2-3-6-10(9)21-12(13,14)15;/h2-3,5-6H,4,7-8H2,1H3,(H3,16,17,18);1H. The molecular formula is C12H17F3IN3O3S. The second-order valence-electron chi connectivity index (χ2n) is 4.42. The van der Waals surface area contributed by atoms with Gasteiger partial charge in [0.05, 0.1) is 11.4 Å². The SMILES string of the molecule is CS(=O)(=O)CCCN=C(N)Nc1ccccc1OC(F)(F)F.I. The largest absolute Gasteiger partial charge is 0.573 e. The Morgan fingerprint density at radius 2 is 1.96 bits per heavy atom. The van der Waals surface area contributed by atoms with Gasteiger partial charge in [-0.2, -0.15) is 0 Å². The summed E-state index contributed by atoms with van der Waals surface area (Å²) in [6, 6.07) is 5.36. The van der Waals surface area contributed by atoms with Crippen molar-refractivity contribution in [3.63, 3.8) is 0 Å². The van der Waals surface area contributed by atoms with Gasteiger partial charge in [-0.25, -0.2) is 8.42 Å². The first-order valence-electron chi connectivity index (χ1n) is 6.16. The Morgan fingerprint density at radius 3 is 2.52 bits per heavy atom. The van der Waals surface area contributed by atoms with E-state index in [1.807, 2.05) is 0 Å². The van der Waals surface area contributed by atoms with E-state index in [-0.39, 0.29) is 54.3 Å². The first-order valence-corrected chi connectivity index (χ1v) is 8.22. The number of aliphatic imine (C=N–C) groups is 1. The van der Waals surface area contributed by atoms with Crippen LogP contribution in [-0.4, -0.2) is 39.3 Å². The number of ether oxygens (including phenoxy) is 1. The molecule has 0 spiro atoms. The number of alkyl halides is 3. The summed E-state index contributed by atoms with van der Waals surface area (Å²) in [5.41, 5.74) is 5.54. The van der Waals surface area contributed by atoms with Crippen LogP contribution in [0, 0.1) is 0 Å². The lowest BCUT2D eigenvalue weighted by molar-refractivity contribution is -0.274. The number of nitrogens with zero attached hydrogens (tertiary/aromatic N) is 1. The van der Waals surface area contributed by atoms with Gasteiger partial charge >= 0.3 is 6.36 Å². The number of sulfone groups is 1. The highest BCUT2D eigenvalue weighted by Crippen LogP contribution is 2.29. The lowest BCUT2D eigenvalue weighted by atomic mass is 10.3. The second kappa shape index (κ2) is 9.15. The highest BCUT2D eigenvalue weighted by Gasteiger charge is 2.32. The van der Waals surface area contributed by atoms with Crippen LogP contribution < -0.4 is 15.8 Å². The highest BCUT2D eigenvalue weighted by molar-refractivity contribution is 14.0. The molecular weight excluding hydrogens is 450 g/mol. The average molecular weight is 467 g/mol. The number of para-hydroxylation sites is 2. The summed E-state index contributed by atoms with van der Waals surface area (Å²) in [7, 11) is -3.08. The summed E-state index contributed by atoms with van der Waals surface area (Å²) < 4.78 is 62.5. The van der Waals surface area contributed by atoms with Crippen LogP contribution in [0.3, 0.4) is 0 Å². The van der Waals surface area contributed by atoms with Crippen molar-refractivity contribution in [2.45, 2.75) is 12.8 Å². The second-order valence-corrected chi connectivity index (χ2v) is 6.68. The molecule has 1 aromatic carbocycles. The number of anilines is 1. The zero-order chi connectivity index (χ0) is 16.8. The van der Waals surface area contributed by atoms with Crippen LogP contribution in [0.5, 0.6) is 5.75 Å². The van der Waals surface area contributed by atoms with Crippen LogP contribution in [0.4, 0.5) is 18.9 Å². The van der Waals surface area contributed by atoms with Gasteiger partial charge in [-0.1, -0.05) is 12.1 Å². The molecule has 0 aliphatic carbocycles. The van der Waals surface area contributed by atoms with Gasteiger partial charge in [0.1, 0.15) is 9.84 Å². The lowest BCUT2D eigenvalue weighted by Crippen LogP contribution is -2.25. The smallest absolute Gasteiger partial charge is 0.404 e. The summed E-state index contributed by atoms with van der Waals surface area (Å²) in [5, 5.41) is 2.48. The number of halogens is 4. The molecule has 0 radical (unpaired) electrons. The van der Waals surface area contributed by atoms with Crippen molar-refractivity contribution in [3.05, 3.63) is 24.3 Å². The van der Waals surface area contributed by atoms with Gasteiger partial charge in [0, 0.05) is 12.8 Å². The average Bonchev–Trinajstić information content (AvgIpc) is 2.34. The van der Waals surface area contributed by atoms with Crippen LogP contribution >= 0.6 is 24.0 Å². The maximum atomic E-state index is 12.3. The minimum atomic E-state index is -4.82. The molecule has 3 N–H and O–H groups in total. The van der Waals surface area contributed by atoms with Crippen molar-refractivity contribution >= 4 is 45.5 Å². The Labute approximate surface area is 149 Å². The summed E-state index contributed by atoms with van der Waals surface area (Å²) in [6.45, 7) is 0.133. The van der Waals surface area contributed by atoms with Gasteiger partial charge < -0.3 is 15.8 Å². The monoisotopic (exact) mass is 467 g/mol. The Balaban J connectivity index is 0.00000484. The first-order chi connectivity index (χ1) is 10.1. The fourth-order valence-corrected chi connectivity index (χ4v) is 2.14. The van der Waals surface area contributed by atoms with E-state index in [1.165, 1.54) is 18.2 Å². The predicted molar refractivity (Wildman–Crippen MR) is 93.0 cm³/mol.